The predicted molar refractivity (Wildman–Crippen MR) is 78.7 cm³/mol. The summed E-state index contributed by atoms with van der Waals surface area (Å²) in [6, 6.07) is 2.44. The summed E-state index contributed by atoms with van der Waals surface area (Å²) in [5.41, 5.74) is 1.87. The Morgan fingerprint density at radius 1 is 1.53 bits per heavy atom. The molecule has 0 saturated heterocycles. The first-order chi connectivity index (χ1) is 9.22. The van der Waals surface area contributed by atoms with Crippen LogP contribution in [0, 0.1) is 0 Å². The minimum absolute atomic E-state index is 0.363. The van der Waals surface area contributed by atoms with E-state index in [0.29, 0.717) is 18.0 Å². The van der Waals surface area contributed by atoms with Gasteiger partial charge in [0.05, 0.1) is 6.10 Å². The lowest BCUT2D eigenvalue weighted by Gasteiger charge is -2.36. The van der Waals surface area contributed by atoms with Crippen LogP contribution in [0.3, 0.4) is 0 Å². The Morgan fingerprint density at radius 3 is 3.00 bits per heavy atom. The van der Waals surface area contributed by atoms with E-state index < -0.39 is 0 Å². The minimum Gasteiger partial charge on any atom is -0.381 e. The maximum atomic E-state index is 5.88. The smallest absolute Gasteiger partial charge is 0.160 e. The third-order valence-corrected chi connectivity index (χ3v) is 4.28. The molecule has 2 aromatic rings. The quantitative estimate of drug-likeness (QED) is 0.799. The molecular formula is C13H15BrClN3O. The van der Waals surface area contributed by atoms with Crippen LogP contribution in [-0.4, -0.2) is 33.6 Å². The van der Waals surface area contributed by atoms with Crippen LogP contribution in [-0.2, 0) is 11.2 Å². The predicted octanol–water partition coefficient (Wildman–Crippen LogP) is 3.33. The second kappa shape index (κ2) is 5.38. The van der Waals surface area contributed by atoms with Crippen LogP contribution in [0.15, 0.2) is 16.7 Å². The van der Waals surface area contributed by atoms with E-state index in [9.17, 15) is 0 Å². The van der Waals surface area contributed by atoms with E-state index in [1.807, 2.05) is 12.3 Å². The van der Waals surface area contributed by atoms with Crippen molar-refractivity contribution in [2.75, 3.05) is 13.0 Å². The van der Waals surface area contributed by atoms with Gasteiger partial charge in [0.25, 0.3) is 0 Å². The molecule has 4 nitrogen and oxygen atoms in total. The van der Waals surface area contributed by atoms with Crippen molar-refractivity contribution in [2.45, 2.75) is 31.4 Å². The molecule has 0 unspecified atom stereocenters. The molecule has 0 radical (unpaired) electrons. The Labute approximate surface area is 125 Å². The molecule has 1 aliphatic rings. The highest BCUT2D eigenvalue weighted by Gasteiger charge is 2.33. The Hall–Kier alpha value is -0.650. The van der Waals surface area contributed by atoms with Crippen LogP contribution in [0.2, 0.25) is 0 Å². The zero-order valence-electron chi connectivity index (χ0n) is 10.6. The van der Waals surface area contributed by atoms with Gasteiger partial charge in [-0.1, -0.05) is 0 Å². The molecule has 2 aromatic heterocycles. The molecule has 0 spiro atoms. The van der Waals surface area contributed by atoms with Gasteiger partial charge >= 0.3 is 0 Å². The second-order valence-electron chi connectivity index (χ2n) is 4.82. The third kappa shape index (κ3) is 2.39. The Kier molecular flexibility index (Phi) is 3.78. The lowest BCUT2D eigenvalue weighted by Crippen LogP contribution is -2.33. The van der Waals surface area contributed by atoms with Crippen LogP contribution in [0.25, 0.3) is 11.2 Å². The van der Waals surface area contributed by atoms with Gasteiger partial charge in [-0.3, -0.25) is 0 Å². The van der Waals surface area contributed by atoms with Crippen molar-refractivity contribution in [1.82, 2.24) is 14.5 Å². The molecule has 1 fully saturated rings. The maximum Gasteiger partial charge on any atom is 0.160 e. The number of rotatable bonds is 4. The molecule has 1 aliphatic carbocycles. The van der Waals surface area contributed by atoms with Crippen molar-refractivity contribution in [3.05, 3.63) is 22.6 Å². The van der Waals surface area contributed by atoms with Gasteiger partial charge in [-0.05, 0) is 34.8 Å². The van der Waals surface area contributed by atoms with Crippen LogP contribution in [0.4, 0.5) is 0 Å². The summed E-state index contributed by atoms with van der Waals surface area (Å²) in [5, 5.41) is 0. The number of methoxy groups -OCH3 is 1. The van der Waals surface area contributed by atoms with Crippen molar-refractivity contribution in [3.8, 4) is 0 Å². The summed E-state index contributed by atoms with van der Waals surface area (Å²) in [6.45, 7) is 0. The topological polar surface area (TPSA) is 39.9 Å². The van der Waals surface area contributed by atoms with Crippen molar-refractivity contribution in [1.29, 1.82) is 0 Å². The number of pyridine rings is 1. The average Bonchev–Trinajstić information content (AvgIpc) is 2.66. The number of imidazole rings is 1. The molecule has 0 atom stereocenters. The van der Waals surface area contributed by atoms with Crippen LogP contribution in [0.5, 0.6) is 0 Å². The summed E-state index contributed by atoms with van der Waals surface area (Å²) >= 11 is 9.32. The molecule has 102 valence electrons. The second-order valence-corrected chi connectivity index (χ2v) is 6.11. The molecule has 1 saturated carbocycles. The largest absolute Gasteiger partial charge is 0.381 e. The van der Waals surface area contributed by atoms with Gasteiger partial charge in [-0.25, -0.2) is 9.97 Å². The first kappa shape index (κ1) is 13.3. The highest BCUT2D eigenvalue weighted by Crippen LogP contribution is 2.37. The maximum absolute atomic E-state index is 5.88. The van der Waals surface area contributed by atoms with Gasteiger partial charge in [0.15, 0.2) is 5.65 Å². The van der Waals surface area contributed by atoms with Gasteiger partial charge in [-0.15, -0.1) is 11.6 Å². The van der Waals surface area contributed by atoms with Gasteiger partial charge < -0.3 is 9.30 Å². The fourth-order valence-corrected chi connectivity index (χ4v) is 3.08. The molecule has 3 rings (SSSR count). The molecule has 2 heterocycles. The molecule has 0 N–H and O–H groups in total. The molecule has 0 aromatic carbocycles. The van der Waals surface area contributed by atoms with Crippen LogP contribution in [0.1, 0.15) is 24.7 Å². The van der Waals surface area contributed by atoms with Crippen molar-refractivity contribution in [3.63, 3.8) is 0 Å². The van der Waals surface area contributed by atoms with E-state index >= 15 is 0 Å². The summed E-state index contributed by atoms with van der Waals surface area (Å²) in [6.07, 6.45) is 4.99. The SMILES string of the molecule is COC1CC(n2c(CCCl)nc3cc(Br)cnc32)C1. The number of alkyl halides is 1. The number of hydrogen-bond acceptors (Lipinski definition) is 3. The number of ether oxygens (including phenoxy) is 1. The van der Waals surface area contributed by atoms with Crippen molar-refractivity contribution < 1.29 is 4.74 Å². The minimum atomic E-state index is 0.363. The summed E-state index contributed by atoms with van der Waals surface area (Å²) in [7, 11) is 1.77. The number of nitrogens with zero attached hydrogens (tertiary/aromatic N) is 3. The third-order valence-electron chi connectivity index (χ3n) is 3.66. The van der Waals surface area contributed by atoms with E-state index in [-0.39, 0.29) is 0 Å². The lowest BCUT2D eigenvalue weighted by atomic mass is 9.89. The first-order valence-electron chi connectivity index (χ1n) is 6.34. The van der Waals surface area contributed by atoms with Crippen molar-refractivity contribution >= 4 is 38.7 Å². The highest BCUT2D eigenvalue weighted by molar-refractivity contribution is 9.10. The number of hydrogen-bond donors (Lipinski definition) is 0. The Morgan fingerprint density at radius 2 is 2.32 bits per heavy atom. The van der Waals surface area contributed by atoms with Gasteiger partial charge in [0.1, 0.15) is 11.3 Å². The van der Waals surface area contributed by atoms with E-state index in [2.05, 4.69) is 30.5 Å². The van der Waals surface area contributed by atoms with Crippen LogP contribution >= 0.6 is 27.5 Å². The standard InChI is InChI=1S/C13H15BrClN3O/c1-19-10-5-9(6-10)18-12(2-3-15)17-11-4-8(14)7-16-13(11)18/h4,7,9-10H,2-3,5-6H2,1H3. The fourth-order valence-electron chi connectivity index (χ4n) is 2.59. The van der Waals surface area contributed by atoms with Crippen molar-refractivity contribution in [2.24, 2.45) is 0 Å². The average molecular weight is 345 g/mol. The number of halogens is 2. The summed E-state index contributed by atoms with van der Waals surface area (Å²) in [5.74, 6) is 1.60. The normalized spacial score (nSPS) is 22.7. The fraction of sp³-hybridized carbons (Fsp3) is 0.538. The molecule has 0 bridgehead atoms. The first-order valence-corrected chi connectivity index (χ1v) is 7.66. The van der Waals surface area contributed by atoms with Gasteiger partial charge in [0.2, 0.25) is 0 Å². The molecule has 6 heteroatoms. The van der Waals surface area contributed by atoms with Crippen LogP contribution < -0.4 is 0 Å². The number of aromatic nitrogens is 3. The number of fused-ring (bicyclic) bond motifs is 1. The molecule has 0 amide bonds. The molecular weight excluding hydrogens is 330 g/mol. The Balaban J connectivity index is 2.02. The zero-order valence-corrected chi connectivity index (χ0v) is 13.0. The van der Waals surface area contributed by atoms with Gasteiger partial charge in [0, 0.05) is 36.1 Å². The number of aryl methyl sites for hydroxylation is 1. The molecule has 19 heavy (non-hydrogen) atoms. The van der Waals surface area contributed by atoms with Gasteiger partial charge in [-0.2, -0.15) is 0 Å². The summed E-state index contributed by atoms with van der Waals surface area (Å²) in [4.78, 5) is 9.17. The van der Waals surface area contributed by atoms with E-state index in [1.54, 1.807) is 7.11 Å². The monoisotopic (exact) mass is 343 g/mol. The summed E-state index contributed by atoms with van der Waals surface area (Å²) < 4.78 is 8.54. The molecule has 0 aliphatic heterocycles. The van der Waals surface area contributed by atoms with E-state index in [0.717, 1.165) is 40.7 Å². The lowest BCUT2D eigenvalue weighted by molar-refractivity contribution is 0.00649. The zero-order chi connectivity index (χ0) is 13.4. The van der Waals surface area contributed by atoms with E-state index in [4.69, 9.17) is 16.3 Å². The van der Waals surface area contributed by atoms with E-state index in [1.165, 1.54) is 0 Å². The Bertz CT molecular complexity index is 595. The highest BCUT2D eigenvalue weighted by atomic mass is 79.9.